The molecule has 1 aromatic rings. The zero-order chi connectivity index (χ0) is 13.4. The quantitative estimate of drug-likeness (QED) is 0.899. The summed E-state index contributed by atoms with van der Waals surface area (Å²) in [5.41, 5.74) is 7.53. The van der Waals surface area contributed by atoms with Gasteiger partial charge in [0.25, 0.3) is 0 Å². The molecule has 0 aromatic heterocycles. The zero-order valence-corrected chi connectivity index (χ0v) is 11.6. The lowest BCUT2D eigenvalue weighted by Crippen LogP contribution is -2.42. The van der Waals surface area contributed by atoms with Crippen LogP contribution in [0.3, 0.4) is 0 Å². The summed E-state index contributed by atoms with van der Waals surface area (Å²) < 4.78 is 0. The van der Waals surface area contributed by atoms with Gasteiger partial charge in [-0.1, -0.05) is 30.4 Å². The van der Waals surface area contributed by atoms with Gasteiger partial charge < -0.3 is 10.6 Å². The third-order valence-corrected chi connectivity index (χ3v) is 4.86. The summed E-state index contributed by atoms with van der Waals surface area (Å²) in [6.07, 6.45) is 6.69. The van der Waals surface area contributed by atoms with Crippen molar-refractivity contribution < 1.29 is 4.79 Å². The highest BCUT2D eigenvalue weighted by molar-refractivity contribution is 8.00. The molecule has 3 rings (SSSR count). The molecule has 0 spiro atoms. The third-order valence-electron chi connectivity index (χ3n) is 3.56. The van der Waals surface area contributed by atoms with Crippen molar-refractivity contribution >= 4 is 23.4 Å². The smallest absolute Gasteiger partial charge is 0.221 e. The van der Waals surface area contributed by atoms with Crippen LogP contribution in [-0.4, -0.2) is 24.2 Å². The molecule has 2 N–H and O–H groups in total. The summed E-state index contributed by atoms with van der Waals surface area (Å²) in [4.78, 5) is 14.6. The van der Waals surface area contributed by atoms with Crippen molar-refractivity contribution in [3.63, 3.8) is 0 Å². The highest BCUT2D eigenvalue weighted by Crippen LogP contribution is 2.43. The minimum Gasteiger partial charge on any atom is -0.369 e. The second kappa shape index (κ2) is 4.78. The van der Waals surface area contributed by atoms with Crippen LogP contribution in [-0.2, 0) is 4.79 Å². The normalized spacial score (nSPS) is 24.5. The number of carbonyl (C=O) groups excluding carboxylic acids is 1. The van der Waals surface area contributed by atoms with E-state index in [4.69, 9.17) is 5.73 Å². The fourth-order valence-electron chi connectivity index (χ4n) is 2.62. The molecule has 1 aromatic carbocycles. The van der Waals surface area contributed by atoms with Gasteiger partial charge in [0.1, 0.15) is 0 Å². The highest BCUT2D eigenvalue weighted by Gasteiger charge is 2.31. The van der Waals surface area contributed by atoms with Crippen LogP contribution >= 0.6 is 11.8 Å². The molecule has 0 saturated carbocycles. The molecule has 4 heteroatoms. The number of fused-ring (bicyclic) bond motifs is 2. The number of nitrogens with zero attached hydrogens (tertiary/aromatic N) is 1. The number of primary amides is 1. The van der Waals surface area contributed by atoms with E-state index < -0.39 is 0 Å². The number of amides is 1. The number of anilines is 1. The number of para-hydroxylation sites is 1. The maximum Gasteiger partial charge on any atom is 0.221 e. The summed E-state index contributed by atoms with van der Waals surface area (Å²) in [6.45, 7) is 0. The van der Waals surface area contributed by atoms with Crippen LogP contribution in [0.5, 0.6) is 0 Å². The lowest BCUT2D eigenvalue weighted by Gasteiger charge is -2.40. The summed E-state index contributed by atoms with van der Waals surface area (Å²) >= 11 is 1.88. The van der Waals surface area contributed by atoms with Crippen molar-refractivity contribution in [2.24, 2.45) is 5.73 Å². The minimum absolute atomic E-state index is 0.277. The van der Waals surface area contributed by atoms with Gasteiger partial charge in [0.15, 0.2) is 0 Å². The topological polar surface area (TPSA) is 46.3 Å². The molecule has 98 valence electrons. The Bertz CT molecular complexity index is 579. The molecule has 0 radical (unpaired) electrons. The van der Waals surface area contributed by atoms with Crippen molar-refractivity contribution in [1.82, 2.24) is 0 Å². The number of thioether (sulfide) groups is 1. The third kappa shape index (κ3) is 2.28. The van der Waals surface area contributed by atoms with Crippen LogP contribution in [0.4, 0.5) is 5.69 Å². The Morgan fingerprint density at radius 3 is 3.00 bits per heavy atom. The van der Waals surface area contributed by atoms with E-state index in [0.29, 0.717) is 17.7 Å². The Morgan fingerprint density at radius 1 is 1.42 bits per heavy atom. The molecule has 0 bridgehead atoms. The maximum absolute atomic E-state index is 11.0. The van der Waals surface area contributed by atoms with E-state index >= 15 is 0 Å². The SMILES string of the molecule is CN1c2ccccc2S[C@H]2C=CC(CC(N)=O)=C[C@@H]21. The average Bonchev–Trinajstić information content (AvgIpc) is 2.39. The number of nitrogens with two attached hydrogens (primary N) is 1. The molecule has 0 saturated heterocycles. The summed E-state index contributed by atoms with van der Waals surface area (Å²) in [5, 5.41) is 0.400. The standard InChI is InChI=1S/C15H16N2OS/c1-17-11-4-2-3-5-13(11)19-14-7-6-10(8-12(14)17)9-15(16)18/h2-8,12,14H,9H2,1H3,(H2,16,18)/t12-,14-/m0/s1. The van der Waals surface area contributed by atoms with E-state index in [-0.39, 0.29) is 5.91 Å². The first-order valence-electron chi connectivity index (χ1n) is 6.31. The first kappa shape index (κ1) is 12.4. The molecule has 2 aliphatic rings. The van der Waals surface area contributed by atoms with E-state index in [1.54, 1.807) is 0 Å². The molecule has 3 nitrogen and oxygen atoms in total. The van der Waals surface area contributed by atoms with Gasteiger partial charge in [0.05, 0.1) is 23.4 Å². The lowest BCUT2D eigenvalue weighted by atomic mass is 9.98. The monoisotopic (exact) mass is 272 g/mol. The van der Waals surface area contributed by atoms with Crippen LogP contribution in [0.15, 0.2) is 53.0 Å². The molecule has 0 unspecified atom stereocenters. The van der Waals surface area contributed by atoms with Gasteiger partial charge in [-0.15, -0.1) is 11.8 Å². The molecular formula is C15H16N2OS. The molecular weight excluding hydrogens is 256 g/mol. The van der Waals surface area contributed by atoms with Crippen LogP contribution in [0.2, 0.25) is 0 Å². The Kier molecular flexibility index (Phi) is 3.11. The highest BCUT2D eigenvalue weighted by atomic mass is 32.2. The Labute approximate surface area is 117 Å². The summed E-state index contributed by atoms with van der Waals surface area (Å²) in [6, 6.07) is 8.71. The zero-order valence-electron chi connectivity index (χ0n) is 10.7. The molecule has 0 fully saturated rings. The number of hydrogen-bond donors (Lipinski definition) is 1. The van der Waals surface area contributed by atoms with Gasteiger partial charge in [-0.2, -0.15) is 0 Å². The molecule has 1 aliphatic heterocycles. The molecule has 1 amide bonds. The Hall–Kier alpha value is -1.68. The van der Waals surface area contributed by atoms with Crippen molar-refractivity contribution in [1.29, 1.82) is 0 Å². The molecule has 2 atom stereocenters. The number of hydrogen-bond acceptors (Lipinski definition) is 3. The molecule has 1 heterocycles. The maximum atomic E-state index is 11.0. The first-order valence-corrected chi connectivity index (χ1v) is 7.19. The van der Waals surface area contributed by atoms with Crippen LogP contribution in [0.25, 0.3) is 0 Å². The predicted octanol–water partition coefficient (Wildman–Crippen LogP) is 2.34. The van der Waals surface area contributed by atoms with E-state index in [9.17, 15) is 4.79 Å². The fourth-order valence-corrected chi connectivity index (χ4v) is 3.96. The first-order chi connectivity index (χ1) is 9.15. The van der Waals surface area contributed by atoms with Gasteiger partial charge in [0.2, 0.25) is 5.91 Å². The summed E-state index contributed by atoms with van der Waals surface area (Å²) in [7, 11) is 2.10. The van der Waals surface area contributed by atoms with Crippen LogP contribution < -0.4 is 10.6 Å². The summed E-state index contributed by atoms with van der Waals surface area (Å²) in [5.74, 6) is -0.277. The number of benzene rings is 1. The molecule has 19 heavy (non-hydrogen) atoms. The van der Waals surface area contributed by atoms with Gasteiger partial charge >= 0.3 is 0 Å². The average molecular weight is 272 g/mol. The van der Waals surface area contributed by atoms with Crippen LogP contribution in [0, 0.1) is 0 Å². The number of likely N-dealkylation sites (N-methyl/N-ethyl adjacent to an activating group) is 1. The van der Waals surface area contributed by atoms with E-state index in [1.807, 2.05) is 17.8 Å². The predicted molar refractivity (Wildman–Crippen MR) is 79.3 cm³/mol. The number of allylic oxidation sites excluding steroid dienone is 1. The van der Waals surface area contributed by atoms with Gasteiger partial charge in [-0.25, -0.2) is 0 Å². The van der Waals surface area contributed by atoms with E-state index in [1.165, 1.54) is 10.6 Å². The van der Waals surface area contributed by atoms with Gasteiger partial charge in [0, 0.05) is 11.9 Å². The van der Waals surface area contributed by atoms with Gasteiger partial charge in [-0.05, 0) is 17.7 Å². The number of carbonyl (C=O) groups is 1. The Balaban J connectivity index is 1.93. The Morgan fingerprint density at radius 2 is 2.21 bits per heavy atom. The molecule has 1 aliphatic carbocycles. The second-order valence-electron chi connectivity index (χ2n) is 4.90. The lowest BCUT2D eigenvalue weighted by molar-refractivity contribution is -0.117. The van der Waals surface area contributed by atoms with Crippen molar-refractivity contribution in [3.8, 4) is 0 Å². The number of rotatable bonds is 2. The van der Waals surface area contributed by atoms with E-state index in [2.05, 4.69) is 48.4 Å². The van der Waals surface area contributed by atoms with Crippen LogP contribution in [0.1, 0.15) is 6.42 Å². The second-order valence-corrected chi connectivity index (χ2v) is 6.12. The van der Waals surface area contributed by atoms with Crippen molar-refractivity contribution in [2.75, 3.05) is 11.9 Å². The fraction of sp³-hybridized carbons (Fsp3) is 0.267. The van der Waals surface area contributed by atoms with Crippen molar-refractivity contribution in [3.05, 3.63) is 48.1 Å². The largest absolute Gasteiger partial charge is 0.369 e. The van der Waals surface area contributed by atoms with E-state index in [0.717, 1.165) is 5.57 Å². The minimum atomic E-state index is -0.277. The van der Waals surface area contributed by atoms with Gasteiger partial charge in [-0.3, -0.25) is 4.79 Å². The van der Waals surface area contributed by atoms with Crippen molar-refractivity contribution in [2.45, 2.75) is 22.6 Å².